The largest absolute Gasteiger partial charge is 0.508 e. The van der Waals surface area contributed by atoms with E-state index in [1.54, 1.807) is 69.9 Å². The van der Waals surface area contributed by atoms with E-state index >= 15 is 0 Å². The first-order valence-corrected chi connectivity index (χ1v) is 23.2. The number of carbonyl (C=O) groups is 1. The number of phenolic OH excluding ortho intramolecular Hbond substituents is 1. The van der Waals surface area contributed by atoms with Gasteiger partial charge >= 0.3 is 5.97 Å². The van der Waals surface area contributed by atoms with E-state index in [0.717, 1.165) is 58.6 Å². The molecule has 0 aliphatic carbocycles. The minimum atomic E-state index is -0.507. The first-order valence-electron chi connectivity index (χ1n) is 23.2. The Hall–Kier alpha value is -5.47. The highest BCUT2D eigenvalue weighted by atomic mass is 16.6. The molecule has 0 aromatic heterocycles. The number of aromatic hydroxyl groups is 1. The molecule has 0 fully saturated rings. The predicted octanol–water partition coefficient (Wildman–Crippen LogP) is 15.1. The first kappa shape index (κ1) is 51.9. The highest BCUT2D eigenvalue weighted by molar-refractivity contribution is 5.92. The molecule has 0 atom stereocenters. The van der Waals surface area contributed by atoms with Crippen LogP contribution in [0.15, 0.2) is 109 Å². The van der Waals surface area contributed by atoms with Crippen LogP contribution in [0.5, 0.6) is 34.5 Å². The van der Waals surface area contributed by atoms with Crippen LogP contribution in [0.25, 0.3) is 22.3 Å². The molecule has 0 spiro atoms. The molecular weight excluding hydrogens is 789 g/mol. The van der Waals surface area contributed by atoms with Gasteiger partial charge in [-0.1, -0.05) is 159 Å². The maximum atomic E-state index is 13.6. The minimum Gasteiger partial charge on any atom is -0.508 e. The van der Waals surface area contributed by atoms with E-state index in [1.165, 1.54) is 70.6 Å². The van der Waals surface area contributed by atoms with Crippen molar-refractivity contribution in [2.45, 2.75) is 124 Å². The minimum absolute atomic E-state index is 0.196. The maximum absolute atomic E-state index is 13.6. The second-order valence-corrected chi connectivity index (χ2v) is 15.3. The van der Waals surface area contributed by atoms with Crippen molar-refractivity contribution in [3.63, 3.8) is 0 Å². The Bertz CT molecular complexity index is 1970. The number of esters is 1. The molecular formula is C55H74O8. The fourth-order valence-electron chi connectivity index (χ4n) is 6.82. The first-order chi connectivity index (χ1) is 30.9. The maximum Gasteiger partial charge on any atom is 0.343 e. The normalized spacial score (nSPS) is 10.5. The van der Waals surface area contributed by atoms with Gasteiger partial charge in [0, 0.05) is 14.2 Å². The smallest absolute Gasteiger partial charge is 0.343 e. The van der Waals surface area contributed by atoms with Crippen LogP contribution in [0.3, 0.4) is 0 Å². The van der Waals surface area contributed by atoms with E-state index in [9.17, 15) is 9.90 Å². The van der Waals surface area contributed by atoms with Gasteiger partial charge in [0.1, 0.15) is 18.1 Å². The molecule has 0 unspecified atom stereocenters. The Kier molecular flexibility index (Phi) is 25.8. The molecule has 8 nitrogen and oxygen atoms in total. The van der Waals surface area contributed by atoms with Gasteiger partial charge < -0.3 is 33.5 Å². The van der Waals surface area contributed by atoms with Crippen LogP contribution in [0.4, 0.5) is 0 Å². The zero-order valence-corrected chi connectivity index (χ0v) is 39.2. The summed E-state index contributed by atoms with van der Waals surface area (Å²) in [5, 5.41) is 9.59. The third-order valence-corrected chi connectivity index (χ3v) is 10.3. The van der Waals surface area contributed by atoms with Crippen molar-refractivity contribution < 1.29 is 38.3 Å². The number of hydrogen-bond donors (Lipinski definition) is 1. The van der Waals surface area contributed by atoms with Gasteiger partial charge in [-0.15, -0.1) is 0 Å². The van der Waals surface area contributed by atoms with Crippen LogP contribution in [-0.2, 0) is 11.3 Å². The molecule has 63 heavy (non-hydrogen) atoms. The van der Waals surface area contributed by atoms with Crippen LogP contribution in [-0.4, -0.2) is 45.6 Å². The fourth-order valence-corrected chi connectivity index (χ4v) is 6.82. The summed E-state index contributed by atoms with van der Waals surface area (Å²) >= 11 is 0. The lowest BCUT2D eigenvalue weighted by molar-refractivity contribution is 0.0727. The van der Waals surface area contributed by atoms with Crippen molar-refractivity contribution in [2.75, 3.05) is 34.5 Å². The van der Waals surface area contributed by atoms with Crippen molar-refractivity contribution in [1.29, 1.82) is 0 Å². The van der Waals surface area contributed by atoms with Crippen LogP contribution >= 0.6 is 0 Å². The topological polar surface area (TPSA) is 92.7 Å². The molecule has 0 heterocycles. The molecule has 5 rings (SSSR count). The van der Waals surface area contributed by atoms with Gasteiger partial charge in [-0.3, -0.25) is 0 Å². The van der Waals surface area contributed by atoms with Crippen molar-refractivity contribution in [1.82, 2.24) is 0 Å². The summed E-state index contributed by atoms with van der Waals surface area (Å²) in [4.78, 5) is 13.6. The molecule has 5 aromatic rings. The van der Waals surface area contributed by atoms with Crippen LogP contribution in [0.2, 0.25) is 0 Å². The van der Waals surface area contributed by atoms with Crippen molar-refractivity contribution in [3.8, 4) is 56.8 Å². The average Bonchev–Trinajstić information content (AvgIpc) is 3.32. The van der Waals surface area contributed by atoms with Crippen molar-refractivity contribution in [3.05, 3.63) is 120 Å². The molecule has 342 valence electrons. The van der Waals surface area contributed by atoms with E-state index in [1.807, 2.05) is 44.2 Å². The second-order valence-electron chi connectivity index (χ2n) is 15.3. The number of carbonyl (C=O) groups excluding carboxylic acids is 1. The third-order valence-electron chi connectivity index (χ3n) is 10.3. The monoisotopic (exact) mass is 863 g/mol. The summed E-state index contributed by atoms with van der Waals surface area (Å²) in [7, 11) is 4.93. The zero-order chi connectivity index (χ0) is 45.5. The molecule has 0 bridgehead atoms. The van der Waals surface area contributed by atoms with Gasteiger partial charge in [0.2, 0.25) is 0 Å². The number of phenols is 1. The summed E-state index contributed by atoms with van der Waals surface area (Å²) in [6.45, 7) is 9.99. The second kappa shape index (κ2) is 31.4. The summed E-state index contributed by atoms with van der Waals surface area (Å²) in [6.07, 6.45) is 16.9. The molecule has 0 radical (unpaired) electrons. The Morgan fingerprint density at radius 2 is 0.952 bits per heavy atom. The van der Waals surface area contributed by atoms with Crippen molar-refractivity contribution in [2.24, 2.45) is 0 Å². The van der Waals surface area contributed by atoms with Gasteiger partial charge in [-0.2, -0.15) is 0 Å². The molecule has 0 amide bonds. The number of benzene rings is 5. The third kappa shape index (κ3) is 19.2. The average molecular weight is 863 g/mol. The molecule has 0 aliphatic rings. The van der Waals surface area contributed by atoms with E-state index in [-0.39, 0.29) is 5.75 Å². The Morgan fingerprint density at radius 1 is 0.492 bits per heavy atom. The predicted molar refractivity (Wildman–Crippen MR) is 259 cm³/mol. The Labute approximate surface area is 378 Å². The number of unbranched alkanes of at least 4 members (excludes halogenated alkanes) is 12. The highest BCUT2D eigenvalue weighted by Gasteiger charge is 2.16. The Morgan fingerprint density at radius 3 is 1.46 bits per heavy atom. The summed E-state index contributed by atoms with van der Waals surface area (Å²) in [5.74, 6) is 2.60. The molecule has 0 saturated heterocycles. The molecule has 5 aromatic carbocycles. The number of ether oxygens (including phenoxy) is 6. The molecule has 0 aliphatic heterocycles. The summed E-state index contributed by atoms with van der Waals surface area (Å²) in [5.41, 5.74) is 5.22. The van der Waals surface area contributed by atoms with Crippen LogP contribution in [0, 0.1) is 0 Å². The van der Waals surface area contributed by atoms with E-state index in [0.29, 0.717) is 42.6 Å². The highest BCUT2D eigenvalue weighted by Crippen LogP contribution is 2.36. The number of methoxy groups -OCH3 is 2. The number of rotatable bonds is 26. The SMILES string of the molecule is CC.CCCCCCCCCOc1ccc(-c2ccc(-c3ccc(OCCCCCCCCC)c(OC(=O)c4cccc(OCc5ccc(O)cc5)c4)c3)cc2)cc1OC.COC. The lowest BCUT2D eigenvalue weighted by Gasteiger charge is -2.15. The fraction of sp³-hybridized carbons (Fsp3) is 0.436. The van der Waals surface area contributed by atoms with E-state index < -0.39 is 5.97 Å². The summed E-state index contributed by atoms with van der Waals surface area (Å²) < 4.78 is 34.3. The van der Waals surface area contributed by atoms with E-state index in [4.69, 9.17) is 23.7 Å². The van der Waals surface area contributed by atoms with Gasteiger partial charge in [-0.05, 0) is 95.3 Å². The molecule has 8 heteroatoms. The van der Waals surface area contributed by atoms with Gasteiger partial charge in [0.05, 0.1) is 25.9 Å². The quantitative estimate of drug-likeness (QED) is 0.0334. The molecule has 0 saturated carbocycles. The summed E-state index contributed by atoms with van der Waals surface area (Å²) in [6, 6.07) is 34.0. The van der Waals surface area contributed by atoms with Crippen LogP contribution in [0.1, 0.15) is 134 Å². The molecule has 1 N–H and O–H groups in total. The Balaban J connectivity index is 0.00000202. The van der Waals surface area contributed by atoms with Crippen molar-refractivity contribution >= 4 is 5.97 Å². The van der Waals surface area contributed by atoms with E-state index in [2.05, 4.69) is 48.9 Å². The number of hydrogen-bond acceptors (Lipinski definition) is 8. The van der Waals surface area contributed by atoms with Gasteiger partial charge in [0.15, 0.2) is 23.0 Å². The standard InChI is InChI=1S/C51H62O7.C2H6O.C2H6/c1-4-6-8-10-12-14-16-33-55-47-31-27-42(36-49(47)54-3)40-23-25-41(26-24-40)43-28-32-48(56-34-17-15-13-11-9-7-5-2)50(37-43)58-51(53)44-19-18-20-46(35-44)57-38-39-21-29-45(52)30-22-39;1-3-2;1-2/h18-32,35-37,52H,4-17,33-34,38H2,1-3H3;1-2H3;1-2H3. The van der Waals surface area contributed by atoms with Crippen LogP contribution < -0.4 is 23.7 Å². The van der Waals surface area contributed by atoms with Gasteiger partial charge in [0.25, 0.3) is 0 Å². The lowest BCUT2D eigenvalue weighted by atomic mass is 9.99. The lowest BCUT2D eigenvalue weighted by Crippen LogP contribution is -2.10. The zero-order valence-electron chi connectivity index (χ0n) is 39.2. The van der Waals surface area contributed by atoms with Gasteiger partial charge in [-0.25, -0.2) is 4.79 Å².